The van der Waals surface area contributed by atoms with Gasteiger partial charge in [-0.1, -0.05) is 12.1 Å². The van der Waals surface area contributed by atoms with Gasteiger partial charge in [-0.2, -0.15) is 0 Å². The molecule has 0 bridgehead atoms. The van der Waals surface area contributed by atoms with Crippen LogP contribution in [0.25, 0.3) is 10.9 Å². The average Bonchev–Trinajstić information content (AvgIpc) is 2.88. The molecule has 4 heteroatoms. The number of fused-ring (bicyclic) bond motifs is 1. The van der Waals surface area contributed by atoms with Crippen molar-refractivity contribution < 1.29 is 9.84 Å². The van der Waals surface area contributed by atoms with Crippen LogP contribution in [0, 0.1) is 0 Å². The minimum atomic E-state index is 0.234. The zero-order valence-corrected chi connectivity index (χ0v) is 11.0. The Labute approximate surface area is 116 Å². The van der Waals surface area contributed by atoms with Gasteiger partial charge in [0.1, 0.15) is 18.1 Å². The predicted molar refractivity (Wildman–Crippen MR) is 78.6 cm³/mol. The molecule has 0 atom stereocenters. The number of aromatic hydroxyl groups is 1. The van der Waals surface area contributed by atoms with E-state index in [-0.39, 0.29) is 5.75 Å². The first-order valence-corrected chi connectivity index (χ1v) is 6.47. The van der Waals surface area contributed by atoms with Crippen molar-refractivity contribution in [1.29, 1.82) is 0 Å². The molecule has 0 saturated carbocycles. The van der Waals surface area contributed by atoms with Crippen molar-refractivity contribution in [3.8, 4) is 11.5 Å². The Balaban J connectivity index is 1.75. The number of H-pyrrole nitrogens is 1. The molecule has 102 valence electrons. The van der Waals surface area contributed by atoms with Crippen LogP contribution in [0.1, 0.15) is 11.3 Å². The van der Waals surface area contributed by atoms with E-state index in [9.17, 15) is 5.11 Å². The van der Waals surface area contributed by atoms with Crippen LogP contribution in [0.4, 0.5) is 0 Å². The number of phenolic OH excluding ortho intramolecular Hbond substituents is 1. The summed E-state index contributed by atoms with van der Waals surface area (Å²) < 4.78 is 5.67. The van der Waals surface area contributed by atoms with Gasteiger partial charge in [0.25, 0.3) is 0 Å². The summed E-state index contributed by atoms with van der Waals surface area (Å²) in [5.41, 5.74) is 8.81. The molecule has 2 aromatic carbocycles. The third kappa shape index (κ3) is 2.60. The molecule has 0 amide bonds. The molecule has 0 fully saturated rings. The number of hydrogen-bond donors (Lipinski definition) is 3. The van der Waals surface area contributed by atoms with E-state index in [1.54, 1.807) is 24.3 Å². The smallest absolute Gasteiger partial charge is 0.128 e. The van der Waals surface area contributed by atoms with E-state index < -0.39 is 0 Å². The molecule has 3 aromatic rings. The van der Waals surface area contributed by atoms with E-state index in [0.29, 0.717) is 13.2 Å². The monoisotopic (exact) mass is 268 g/mol. The zero-order valence-electron chi connectivity index (χ0n) is 11.0. The van der Waals surface area contributed by atoms with Crippen LogP contribution in [0.5, 0.6) is 11.5 Å². The summed E-state index contributed by atoms with van der Waals surface area (Å²) in [6.45, 7) is 0.992. The van der Waals surface area contributed by atoms with E-state index in [1.807, 2.05) is 6.07 Å². The van der Waals surface area contributed by atoms with Gasteiger partial charge in [-0.25, -0.2) is 0 Å². The van der Waals surface area contributed by atoms with Gasteiger partial charge < -0.3 is 20.6 Å². The van der Waals surface area contributed by atoms with E-state index in [4.69, 9.17) is 10.5 Å². The first-order valence-electron chi connectivity index (χ1n) is 6.47. The Morgan fingerprint density at radius 2 is 1.85 bits per heavy atom. The fourth-order valence-electron chi connectivity index (χ4n) is 2.14. The fraction of sp³-hybridized carbons (Fsp3) is 0.125. The van der Waals surface area contributed by atoms with Crippen LogP contribution in [0.3, 0.4) is 0 Å². The fourth-order valence-corrected chi connectivity index (χ4v) is 2.14. The van der Waals surface area contributed by atoms with Crippen LogP contribution in [-0.2, 0) is 13.2 Å². The number of aromatic amines is 1. The largest absolute Gasteiger partial charge is 0.508 e. The van der Waals surface area contributed by atoms with Crippen molar-refractivity contribution in [2.75, 3.05) is 0 Å². The molecule has 0 spiro atoms. The lowest BCUT2D eigenvalue weighted by molar-refractivity contribution is 0.302. The standard InChI is InChI=1S/C16H16N2O2/c17-9-11-1-2-12-8-13(18-16(12)7-11)10-20-15-5-3-14(19)4-6-15/h1-8,18-19H,9-10,17H2. The summed E-state index contributed by atoms with van der Waals surface area (Å²) in [5.74, 6) is 0.960. The van der Waals surface area contributed by atoms with Crippen molar-refractivity contribution in [2.24, 2.45) is 5.73 Å². The molecule has 1 heterocycles. The Hall–Kier alpha value is -2.46. The molecular formula is C16H16N2O2. The van der Waals surface area contributed by atoms with E-state index in [2.05, 4.69) is 23.2 Å². The number of ether oxygens (including phenoxy) is 1. The quantitative estimate of drug-likeness (QED) is 0.681. The van der Waals surface area contributed by atoms with Crippen LogP contribution in [0.15, 0.2) is 48.5 Å². The maximum absolute atomic E-state index is 9.21. The first-order chi connectivity index (χ1) is 9.74. The van der Waals surface area contributed by atoms with Gasteiger partial charge in [0.15, 0.2) is 0 Å². The number of nitrogens with two attached hydrogens (primary N) is 1. The van der Waals surface area contributed by atoms with Gasteiger partial charge in [0, 0.05) is 12.1 Å². The Bertz CT molecular complexity index is 717. The molecule has 4 N–H and O–H groups in total. The Morgan fingerprint density at radius 1 is 1.05 bits per heavy atom. The summed E-state index contributed by atoms with van der Waals surface area (Å²) in [7, 11) is 0. The Kier molecular flexibility index (Phi) is 3.31. The molecule has 0 radical (unpaired) electrons. The lowest BCUT2D eigenvalue weighted by Gasteiger charge is -2.04. The molecule has 0 aliphatic carbocycles. The highest BCUT2D eigenvalue weighted by atomic mass is 16.5. The topological polar surface area (TPSA) is 71.3 Å². The van der Waals surface area contributed by atoms with Gasteiger partial charge in [0.05, 0.1) is 5.69 Å². The maximum atomic E-state index is 9.21. The molecule has 3 rings (SSSR count). The zero-order chi connectivity index (χ0) is 13.9. The molecule has 1 aromatic heterocycles. The molecule has 20 heavy (non-hydrogen) atoms. The molecule has 0 aliphatic heterocycles. The van der Waals surface area contributed by atoms with Gasteiger partial charge in [0.2, 0.25) is 0 Å². The third-order valence-electron chi connectivity index (χ3n) is 3.21. The number of hydrogen-bond acceptors (Lipinski definition) is 3. The molecule has 4 nitrogen and oxygen atoms in total. The van der Waals surface area contributed by atoms with Crippen LogP contribution in [0.2, 0.25) is 0 Å². The predicted octanol–water partition coefficient (Wildman–Crippen LogP) is 2.91. The van der Waals surface area contributed by atoms with Gasteiger partial charge in [-0.05, 0) is 47.3 Å². The summed E-state index contributed by atoms with van der Waals surface area (Å²) >= 11 is 0. The number of rotatable bonds is 4. The normalized spacial score (nSPS) is 10.8. The lowest BCUT2D eigenvalue weighted by atomic mass is 10.2. The minimum Gasteiger partial charge on any atom is -0.508 e. The summed E-state index contributed by atoms with van der Waals surface area (Å²) in [5, 5.41) is 10.4. The van der Waals surface area contributed by atoms with Gasteiger partial charge >= 0.3 is 0 Å². The second-order valence-corrected chi connectivity index (χ2v) is 4.70. The minimum absolute atomic E-state index is 0.234. The van der Waals surface area contributed by atoms with Crippen molar-refractivity contribution >= 4 is 10.9 Å². The summed E-state index contributed by atoms with van der Waals surface area (Å²) in [6.07, 6.45) is 0. The van der Waals surface area contributed by atoms with Crippen molar-refractivity contribution in [2.45, 2.75) is 13.2 Å². The highest BCUT2D eigenvalue weighted by molar-refractivity contribution is 5.81. The van der Waals surface area contributed by atoms with E-state index >= 15 is 0 Å². The molecule has 0 unspecified atom stereocenters. The number of benzene rings is 2. The van der Waals surface area contributed by atoms with E-state index in [0.717, 1.165) is 27.9 Å². The summed E-state index contributed by atoms with van der Waals surface area (Å²) in [4.78, 5) is 3.32. The molecule has 0 aliphatic rings. The molecular weight excluding hydrogens is 252 g/mol. The van der Waals surface area contributed by atoms with Crippen molar-refractivity contribution in [3.05, 3.63) is 59.8 Å². The van der Waals surface area contributed by atoms with Crippen molar-refractivity contribution in [3.63, 3.8) is 0 Å². The Morgan fingerprint density at radius 3 is 2.60 bits per heavy atom. The molecule has 0 saturated heterocycles. The number of nitrogens with one attached hydrogen (secondary N) is 1. The second kappa shape index (κ2) is 5.27. The summed E-state index contributed by atoms with van der Waals surface area (Å²) in [6, 6.07) is 14.9. The highest BCUT2D eigenvalue weighted by Gasteiger charge is 2.03. The van der Waals surface area contributed by atoms with Crippen LogP contribution >= 0.6 is 0 Å². The van der Waals surface area contributed by atoms with Crippen molar-refractivity contribution in [1.82, 2.24) is 4.98 Å². The van der Waals surface area contributed by atoms with E-state index in [1.165, 1.54) is 0 Å². The average molecular weight is 268 g/mol. The third-order valence-corrected chi connectivity index (χ3v) is 3.21. The van der Waals surface area contributed by atoms with Crippen LogP contribution in [-0.4, -0.2) is 10.1 Å². The second-order valence-electron chi connectivity index (χ2n) is 4.70. The number of phenols is 1. The van der Waals surface area contributed by atoms with Gasteiger partial charge in [-0.15, -0.1) is 0 Å². The first kappa shape index (κ1) is 12.6. The SMILES string of the molecule is NCc1ccc2cc(COc3ccc(O)cc3)[nH]c2c1. The lowest BCUT2D eigenvalue weighted by Crippen LogP contribution is -1.95. The number of aromatic nitrogens is 1. The maximum Gasteiger partial charge on any atom is 0.128 e. The highest BCUT2D eigenvalue weighted by Crippen LogP contribution is 2.20. The van der Waals surface area contributed by atoms with Gasteiger partial charge in [-0.3, -0.25) is 0 Å². The van der Waals surface area contributed by atoms with Crippen LogP contribution < -0.4 is 10.5 Å².